The van der Waals surface area contributed by atoms with E-state index >= 15 is 0 Å². The molecule has 0 aliphatic carbocycles. The summed E-state index contributed by atoms with van der Waals surface area (Å²) in [6.07, 6.45) is 3.15. The van der Waals surface area contributed by atoms with E-state index in [0.717, 1.165) is 37.4 Å². The van der Waals surface area contributed by atoms with Gasteiger partial charge >= 0.3 is 0 Å². The number of hydrogen-bond donors (Lipinski definition) is 2. The molecule has 0 aromatic heterocycles. The highest BCUT2D eigenvalue weighted by molar-refractivity contribution is 7.80. The molecule has 0 heterocycles. The molecule has 0 aliphatic heterocycles. The Labute approximate surface area is 120 Å². The molecule has 0 saturated carbocycles. The lowest BCUT2D eigenvalue weighted by atomic mass is 10.1. The second kappa shape index (κ2) is 7.41. The molecular weight excluding hydrogens is 254 g/mol. The van der Waals surface area contributed by atoms with Gasteiger partial charge in [-0.25, -0.2) is 0 Å². The van der Waals surface area contributed by atoms with Gasteiger partial charge in [0.05, 0.1) is 6.61 Å². The number of nitrogens with two attached hydrogens (primary N) is 1. The van der Waals surface area contributed by atoms with Crippen LogP contribution in [0.2, 0.25) is 0 Å². The first-order valence-electron chi connectivity index (χ1n) is 6.77. The number of unbranched alkanes of at least 4 members (excludes halogenated alkanes) is 1. The van der Waals surface area contributed by atoms with Gasteiger partial charge in [-0.1, -0.05) is 30.3 Å². The van der Waals surface area contributed by atoms with E-state index in [2.05, 4.69) is 36.9 Å². The first-order chi connectivity index (χ1) is 9.29. The summed E-state index contributed by atoms with van der Waals surface area (Å²) in [6.45, 7) is 0.748. The molecule has 1 unspecified atom stereocenters. The van der Waals surface area contributed by atoms with Crippen molar-refractivity contribution in [2.75, 3.05) is 12.4 Å². The lowest BCUT2D eigenvalue weighted by molar-refractivity contribution is 0.304. The molecule has 0 spiro atoms. The lowest BCUT2D eigenvalue weighted by Gasteiger charge is -2.09. The van der Waals surface area contributed by atoms with E-state index in [9.17, 15) is 0 Å². The predicted octanol–water partition coefficient (Wildman–Crippen LogP) is 3.65. The van der Waals surface area contributed by atoms with Gasteiger partial charge in [0.2, 0.25) is 0 Å². The Bertz CT molecular complexity index is 515. The molecule has 19 heavy (non-hydrogen) atoms. The lowest BCUT2D eigenvalue weighted by Crippen LogP contribution is -2.21. The van der Waals surface area contributed by atoms with Gasteiger partial charge in [-0.05, 0) is 42.2 Å². The minimum Gasteiger partial charge on any atom is -0.494 e. The van der Waals surface area contributed by atoms with Gasteiger partial charge in [-0.2, -0.15) is 12.6 Å². The first-order valence-corrected chi connectivity index (χ1v) is 7.41. The molecule has 0 bridgehead atoms. The maximum Gasteiger partial charge on any atom is 0.119 e. The van der Waals surface area contributed by atoms with Gasteiger partial charge in [0.15, 0.2) is 0 Å². The van der Waals surface area contributed by atoms with E-state index in [4.69, 9.17) is 10.5 Å². The third-order valence-corrected chi connectivity index (χ3v) is 3.66. The van der Waals surface area contributed by atoms with Crippen molar-refractivity contribution < 1.29 is 4.74 Å². The molecule has 1 atom stereocenters. The fourth-order valence-electron chi connectivity index (χ4n) is 2.05. The summed E-state index contributed by atoms with van der Waals surface area (Å²) in [5.41, 5.74) is 5.81. The normalized spacial score (nSPS) is 12.5. The van der Waals surface area contributed by atoms with Gasteiger partial charge < -0.3 is 10.5 Å². The van der Waals surface area contributed by atoms with E-state index in [0.29, 0.717) is 0 Å². The van der Waals surface area contributed by atoms with E-state index < -0.39 is 0 Å². The monoisotopic (exact) mass is 275 g/mol. The molecule has 2 nitrogen and oxygen atoms in total. The van der Waals surface area contributed by atoms with Crippen LogP contribution in [0.15, 0.2) is 42.5 Å². The van der Waals surface area contributed by atoms with Crippen molar-refractivity contribution in [2.24, 2.45) is 5.73 Å². The average Bonchev–Trinajstić information content (AvgIpc) is 2.46. The van der Waals surface area contributed by atoms with Gasteiger partial charge in [0.25, 0.3) is 0 Å². The van der Waals surface area contributed by atoms with Crippen molar-refractivity contribution in [1.82, 2.24) is 0 Å². The molecule has 2 aromatic rings. The minimum absolute atomic E-state index is 0.212. The highest BCUT2D eigenvalue weighted by Gasteiger charge is 2.00. The molecule has 0 amide bonds. The van der Waals surface area contributed by atoms with Crippen LogP contribution in [0.1, 0.15) is 19.3 Å². The van der Waals surface area contributed by atoms with Crippen molar-refractivity contribution in [1.29, 1.82) is 0 Å². The van der Waals surface area contributed by atoms with Gasteiger partial charge in [0, 0.05) is 11.8 Å². The summed E-state index contributed by atoms with van der Waals surface area (Å²) in [7, 11) is 0. The number of benzene rings is 2. The number of hydrogen-bond acceptors (Lipinski definition) is 3. The number of rotatable bonds is 7. The Morgan fingerprint density at radius 2 is 1.84 bits per heavy atom. The average molecular weight is 275 g/mol. The Morgan fingerprint density at radius 3 is 2.63 bits per heavy atom. The topological polar surface area (TPSA) is 35.2 Å². The van der Waals surface area contributed by atoms with Crippen LogP contribution in [0, 0.1) is 0 Å². The quantitative estimate of drug-likeness (QED) is 0.597. The number of ether oxygens (including phenoxy) is 1. The van der Waals surface area contributed by atoms with Crippen LogP contribution in [-0.4, -0.2) is 18.4 Å². The zero-order valence-corrected chi connectivity index (χ0v) is 12.0. The van der Waals surface area contributed by atoms with E-state index in [1.165, 1.54) is 10.8 Å². The van der Waals surface area contributed by atoms with Crippen LogP contribution >= 0.6 is 12.6 Å². The SMILES string of the molecule is NC(CS)CCCCOc1ccc2ccccc2c1. The highest BCUT2D eigenvalue weighted by atomic mass is 32.1. The molecule has 0 saturated heterocycles. The van der Waals surface area contributed by atoms with Crippen LogP contribution in [0.5, 0.6) is 5.75 Å². The van der Waals surface area contributed by atoms with E-state index in [1.807, 2.05) is 18.2 Å². The van der Waals surface area contributed by atoms with Crippen molar-refractivity contribution in [3.8, 4) is 5.75 Å². The largest absolute Gasteiger partial charge is 0.494 e. The number of thiol groups is 1. The van der Waals surface area contributed by atoms with Crippen LogP contribution in [0.3, 0.4) is 0 Å². The Hall–Kier alpha value is -1.19. The third kappa shape index (κ3) is 4.44. The summed E-state index contributed by atoms with van der Waals surface area (Å²) in [5.74, 6) is 1.70. The second-order valence-electron chi connectivity index (χ2n) is 4.80. The molecule has 102 valence electrons. The highest BCUT2D eigenvalue weighted by Crippen LogP contribution is 2.20. The molecule has 0 fully saturated rings. The Morgan fingerprint density at radius 1 is 1.05 bits per heavy atom. The summed E-state index contributed by atoms with van der Waals surface area (Å²) in [5, 5.41) is 2.46. The van der Waals surface area contributed by atoms with Crippen LogP contribution in [0.25, 0.3) is 10.8 Å². The van der Waals surface area contributed by atoms with Crippen molar-refractivity contribution in [3.63, 3.8) is 0 Å². The molecular formula is C16H21NOS. The minimum atomic E-state index is 0.212. The van der Waals surface area contributed by atoms with E-state index in [-0.39, 0.29) is 6.04 Å². The third-order valence-electron chi connectivity index (χ3n) is 3.19. The van der Waals surface area contributed by atoms with Crippen molar-refractivity contribution >= 4 is 23.4 Å². The van der Waals surface area contributed by atoms with Crippen molar-refractivity contribution in [2.45, 2.75) is 25.3 Å². The molecule has 0 radical (unpaired) electrons. The molecule has 2 aromatic carbocycles. The predicted molar refractivity (Wildman–Crippen MR) is 85.1 cm³/mol. The van der Waals surface area contributed by atoms with Crippen LogP contribution in [0.4, 0.5) is 0 Å². The smallest absolute Gasteiger partial charge is 0.119 e. The van der Waals surface area contributed by atoms with Gasteiger partial charge in [-0.3, -0.25) is 0 Å². The van der Waals surface area contributed by atoms with Gasteiger partial charge in [0.1, 0.15) is 5.75 Å². The Kier molecular flexibility index (Phi) is 5.55. The first kappa shape index (κ1) is 14.2. The Balaban J connectivity index is 1.78. The molecule has 2 N–H and O–H groups in total. The zero-order valence-electron chi connectivity index (χ0n) is 11.1. The van der Waals surface area contributed by atoms with E-state index in [1.54, 1.807) is 0 Å². The molecule has 2 rings (SSSR count). The summed E-state index contributed by atoms with van der Waals surface area (Å²) >= 11 is 4.18. The fraction of sp³-hybridized carbons (Fsp3) is 0.375. The van der Waals surface area contributed by atoms with Crippen LogP contribution in [-0.2, 0) is 0 Å². The zero-order chi connectivity index (χ0) is 13.5. The maximum atomic E-state index is 5.81. The van der Waals surface area contributed by atoms with Crippen LogP contribution < -0.4 is 10.5 Å². The molecule has 0 aliphatic rings. The summed E-state index contributed by atoms with van der Waals surface area (Å²) < 4.78 is 5.77. The van der Waals surface area contributed by atoms with Gasteiger partial charge in [-0.15, -0.1) is 0 Å². The molecule has 3 heteroatoms. The summed E-state index contributed by atoms with van der Waals surface area (Å²) in [4.78, 5) is 0. The second-order valence-corrected chi connectivity index (χ2v) is 5.16. The van der Waals surface area contributed by atoms with Crippen molar-refractivity contribution in [3.05, 3.63) is 42.5 Å². The standard InChI is InChI=1S/C16H21NOS/c17-15(12-19)7-3-4-10-18-16-9-8-13-5-1-2-6-14(13)11-16/h1-2,5-6,8-9,11,15,19H,3-4,7,10,12,17H2. The summed E-state index contributed by atoms with van der Waals surface area (Å²) in [6, 6.07) is 14.7. The fourth-order valence-corrected chi connectivity index (χ4v) is 2.23. The maximum absolute atomic E-state index is 5.81. The number of fused-ring (bicyclic) bond motifs is 1.